The predicted octanol–water partition coefficient (Wildman–Crippen LogP) is 8.34. The van der Waals surface area contributed by atoms with Crippen LogP contribution in [0.3, 0.4) is 0 Å². The summed E-state index contributed by atoms with van der Waals surface area (Å²) in [5.41, 5.74) is 3.19. The Labute approximate surface area is 283 Å². The first-order valence-corrected chi connectivity index (χ1v) is 17.8. The molecule has 1 saturated heterocycles. The quantitative estimate of drug-likeness (QED) is 0.322. The van der Waals surface area contributed by atoms with E-state index in [0.29, 0.717) is 30.5 Å². The molecular formula is C40H49FO5S. The molecule has 1 N–H and O–H groups in total. The molecule has 9 atom stereocenters. The van der Waals surface area contributed by atoms with Crippen LogP contribution in [0.4, 0.5) is 4.39 Å². The van der Waals surface area contributed by atoms with Crippen molar-refractivity contribution in [2.75, 3.05) is 6.01 Å². The zero-order chi connectivity index (χ0) is 32.4. The first-order chi connectivity index (χ1) is 22.0. The molecule has 0 bridgehead atoms. The summed E-state index contributed by atoms with van der Waals surface area (Å²) in [6.45, 7) is 8.66. The number of ketones is 1. The van der Waals surface area contributed by atoms with Crippen molar-refractivity contribution in [3.8, 4) is 0 Å². The molecule has 7 heteroatoms. The van der Waals surface area contributed by atoms with E-state index < -0.39 is 40.9 Å². The molecule has 3 saturated carbocycles. The highest BCUT2D eigenvalue weighted by molar-refractivity contribution is 8.13. The molecule has 4 fully saturated rings. The van der Waals surface area contributed by atoms with E-state index in [0.717, 1.165) is 36.8 Å². The summed E-state index contributed by atoms with van der Waals surface area (Å²) >= 11 is 0.654. The van der Waals surface area contributed by atoms with Crippen molar-refractivity contribution in [1.82, 2.24) is 0 Å². The third kappa shape index (κ3) is 5.50. The molecule has 5 nitrogen and oxygen atoms in total. The van der Waals surface area contributed by atoms with Gasteiger partial charge in [0.25, 0.3) is 0 Å². The number of hydrogen-bond donors (Lipinski definition) is 1. The van der Waals surface area contributed by atoms with Gasteiger partial charge in [0, 0.05) is 22.3 Å². The maximum atomic E-state index is 14.0. The summed E-state index contributed by atoms with van der Waals surface area (Å²) in [7, 11) is 0. The Bertz CT molecular complexity index is 1580. The van der Waals surface area contributed by atoms with E-state index >= 15 is 0 Å². The molecule has 1 heterocycles. The number of allylic oxidation sites excluding steroid dienone is 4. The number of carbonyl (C=O) groups is 2. The maximum Gasteiger partial charge on any atom is 0.226 e. The molecule has 2 aromatic carbocycles. The van der Waals surface area contributed by atoms with E-state index in [2.05, 4.69) is 64.1 Å². The van der Waals surface area contributed by atoms with E-state index in [4.69, 9.17) is 9.47 Å². The van der Waals surface area contributed by atoms with Gasteiger partial charge in [0.05, 0.1) is 12.2 Å². The normalized spacial score (nSPS) is 37.0. The van der Waals surface area contributed by atoms with E-state index in [9.17, 15) is 19.1 Å². The second-order valence-corrected chi connectivity index (χ2v) is 16.0. The highest BCUT2D eigenvalue weighted by atomic mass is 32.2. The van der Waals surface area contributed by atoms with Crippen molar-refractivity contribution in [2.24, 2.45) is 34.5 Å². The van der Waals surface area contributed by atoms with Crippen LogP contribution in [0.25, 0.3) is 0 Å². The predicted molar refractivity (Wildman–Crippen MR) is 184 cm³/mol. The van der Waals surface area contributed by atoms with Gasteiger partial charge in [0.15, 0.2) is 17.7 Å². The van der Waals surface area contributed by atoms with Gasteiger partial charge >= 0.3 is 0 Å². The smallest absolute Gasteiger partial charge is 0.226 e. The second-order valence-electron chi connectivity index (χ2n) is 15.1. The number of benzene rings is 2. The lowest BCUT2D eigenvalue weighted by molar-refractivity contribution is -0.194. The first kappa shape index (κ1) is 34.3. The molecule has 0 spiro atoms. The van der Waals surface area contributed by atoms with E-state index in [1.165, 1.54) is 16.7 Å². The van der Waals surface area contributed by atoms with Crippen LogP contribution in [-0.2, 0) is 31.9 Å². The van der Waals surface area contributed by atoms with Gasteiger partial charge in [-0.2, -0.15) is 0 Å². The largest absolute Gasteiger partial charge is 0.393 e. The number of ether oxygens (including phenoxy) is 2. The van der Waals surface area contributed by atoms with Gasteiger partial charge in [-0.25, -0.2) is 4.39 Å². The minimum absolute atomic E-state index is 0. The zero-order valence-corrected chi connectivity index (χ0v) is 28.0. The third-order valence-corrected chi connectivity index (χ3v) is 12.7. The van der Waals surface area contributed by atoms with Crippen molar-refractivity contribution in [3.63, 3.8) is 0 Å². The topological polar surface area (TPSA) is 72.8 Å². The van der Waals surface area contributed by atoms with Crippen LogP contribution < -0.4 is 0 Å². The van der Waals surface area contributed by atoms with Gasteiger partial charge < -0.3 is 14.6 Å². The Balaban J connectivity index is 0.00000386. The van der Waals surface area contributed by atoms with Crippen LogP contribution >= 0.6 is 11.8 Å². The van der Waals surface area contributed by atoms with Crippen LogP contribution in [-0.4, -0.2) is 39.8 Å². The number of hydrogen-bond acceptors (Lipinski definition) is 6. The average Bonchev–Trinajstić information content (AvgIpc) is 3.51. The average molecular weight is 661 g/mol. The molecule has 0 unspecified atom stereocenters. The lowest BCUT2D eigenvalue weighted by Crippen LogP contribution is -2.62. The van der Waals surface area contributed by atoms with Gasteiger partial charge in [-0.15, -0.1) is 0 Å². The summed E-state index contributed by atoms with van der Waals surface area (Å²) < 4.78 is 27.2. The Morgan fingerprint density at radius 3 is 2.57 bits per heavy atom. The van der Waals surface area contributed by atoms with Crippen molar-refractivity contribution >= 4 is 22.7 Å². The summed E-state index contributed by atoms with van der Waals surface area (Å²) in [6.07, 6.45) is 7.79. The molecule has 2 aromatic rings. The van der Waals surface area contributed by atoms with Gasteiger partial charge in [-0.1, -0.05) is 107 Å². The Kier molecular flexibility index (Phi) is 9.27. The summed E-state index contributed by atoms with van der Waals surface area (Å²) in [5.74, 6) is 0.689. The number of alkyl halides is 1. The van der Waals surface area contributed by atoms with Crippen molar-refractivity contribution in [1.29, 1.82) is 0 Å². The lowest BCUT2D eigenvalue weighted by Gasteiger charge is -2.59. The number of halogens is 1. The number of rotatable bonds is 7. The monoisotopic (exact) mass is 660 g/mol. The third-order valence-electron chi connectivity index (χ3n) is 12.0. The molecule has 7 rings (SSSR count). The van der Waals surface area contributed by atoms with Crippen LogP contribution in [0.15, 0.2) is 72.3 Å². The molecule has 5 aliphatic rings. The summed E-state index contributed by atoms with van der Waals surface area (Å²) in [6, 6.07) is 16.1. The van der Waals surface area contributed by atoms with Gasteiger partial charge in [-0.05, 0) is 85.1 Å². The second kappa shape index (κ2) is 12.7. The Morgan fingerprint density at radius 1 is 1.11 bits per heavy atom. The molecule has 1 aliphatic heterocycles. The van der Waals surface area contributed by atoms with Crippen LogP contribution in [0.1, 0.15) is 89.3 Å². The van der Waals surface area contributed by atoms with Crippen LogP contribution in [0.5, 0.6) is 0 Å². The lowest BCUT2D eigenvalue weighted by atomic mass is 9.46. The maximum absolute atomic E-state index is 14.0. The fourth-order valence-electron chi connectivity index (χ4n) is 10.1. The van der Waals surface area contributed by atoms with Crippen molar-refractivity contribution in [2.45, 2.75) is 97.7 Å². The molecule has 0 aromatic heterocycles. The Morgan fingerprint density at radius 2 is 1.85 bits per heavy atom. The van der Waals surface area contributed by atoms with Gasteiger partial charge in [0.1, 0.15) is 6.01 Å². The molecular weight excluding hydrogens is 612 g/mol. The van der Waals surface area contributed by atoms with Gasteiger partial charge in [0.2, 0.25) is 5.12 Å². The summed E-state index contributed by atoms with van der Waals surface area (Å²) in [4.78, 5) is 26.2. The number of carbonyl (C=O) groups excluding carboxylic acids is 2. The van der Waals surface area contributed by atoms with E-state index in [1.54, 1.807) is 12.2 Å². The fourth-order valence-corrected chi connectivity index (χ4v) is 10.8. The molecule has 47 heavy (non-hydrogen) atoms. The molecule has 0 amide bonds. The minimum atomic E-state index is -1.37. The van der Waals surface area contributed by atoms with Crippen molar-refractivity contribution in [3.05, 3.63) is 94.6 Å². The number of fused-ring (bicyclic) bond motifs is 7. The van der Waals surface area contributed by atoms with E-state index in [-0.39, 0.29) is 36.1 Å². The number of thioether (sulfide) groups is 1. The minimum Gasteiger partial charge on any atom is -0.393 e. The summed E-state index contributed by atoms with van der Waals surface area (Å²) in [5, 5.41) is 11.5. The standard InChI is InChI=1S/C39H45FO5S.CH4/c1-23(2)16-25-6-5-7-26(18-25)17-24-8-10-27(11-9-24)35-44-33-20-31-30-13-12-28-19-29(41)14-15-37(28,3)34(30)32(42)21-38(31,4)39(33,45-35)36(43)46-22-40;/h5-11,14-15,18-19,23,30-35,42H,12-13,16-17,20-22H2,1-4H3;1H4/t30-,31-,32-,33+,34+,35+,37-,38-,39-;/m0./s1. The highest BCUT2D eigenvalue weighted by Crippen LogP contribution is 2.71. The van der Waals surface area contributed by atoms with Crippen LogP contribution in [0.2, 0.25) is 0 Å². The SMILES string of the molecule is C.CC(C)Cc1cccc(Cc2ccc([C@@H]3O[C@@H]4C[C@H]5[C@@H]6CCC7=CC(=O)C=C[C@]7(C)[C@H]6[C@@H](O)C[C@]5(C)[C@]4(C(=O)SCF)O3)cc2)c1. The highest BCUT2D eigenvalue weighted by Gasteiger charge is 2.76. The molecule has 252 valence electrons. The molecule has 4 aliphatic carbocycles. The van der Waals surface area contributed by atoms with E-state index in [1.807, 2.05) is 18.2 Å². The Hall–Kier alpha value is -2.58. The molecule has 0 radical (unpaired) electrons. The zero-order valence-electron chi connectivity index (χ0n) is 27.2. The van der Waals surface area contributed by atoms with Crippen molar-refractivity contribution < 1.29 is 28.6 Å². The first-order valence-electron chi connectivity index (χ1n) is 16.8. The van der Waals surface area contributed by atoms with Gasteiger partial charge in [-0.3, -0.25) is 9.59 Å². The fraction of sp³-hybridized carbons (Fsp3) is 0.550. The number of aliphatic hydroxyl groups excluding tert-OH is 1. The number of aliphatic hydroxyl groups is 1. The van der Waals surface area contributed by atoms with Crippen LogP contribution in [0, 0.1) is 34.5 Å².